The lowest BCUT2D eigenvalue weighted by molar-refractivity contribution is -0.116. The molecule has 1 fully saturated rings. The highest BCUT2D eigenvalue weighted by molar-refractivity contribution is 6.32. The maximum absolute atomic E-state index is 13.2. The van der Waals surface area contributed by atoms with Gasteiger partial charge in [-0.2, -0.15) is 0 Å². The van der Waals surface area contributed by atoms with Crippen molar-refractivity contribution in [2.24, 2.45) is 0 Å². The number of carbonyl (C=O) groups excluding carboxylic acids is 2. The van der Waals surface area contributed by atoms with Crippen molar-refractivity contribution in [3.05, 3.63) is 95.5 Å². The number of hydrogen-bond acceptors (Lipinski definition) is 7. The Hall–Kier alpha value is -4.54. The van der Waals surface area contributed by atoms with Gasteiger partial charge in [0.2, 0.25) is 5.91 Å². The zero-order valence-corrected chi connectivity index (χ0v) is 22.0. The van der Waals surface area contributed by atoms with E-state index in [0.717, 1.165) is 19.4 Å². The van der Waals surface area contributed by atoms with E-state index in [-0.39, 0.29) is 11.9 Å². The standard InChI is InChI=1S/C29H26ClFN6O3/c30-24-15-21(35-28-23(4-2-13-34-28)29(39)36-19-7-5-18(31)6-8-19)9-10-25(24)40-22-11-14-33-26(17-22)37-27(38)16-20-3-1-12-32-20/h2,4-11,13-15,17,20,32H,1,3,12,16H2,(H,34,35)(H,36,39)(H,33,37,38)/t20-/m0/s1. The van der Waals surface area contributed by atoms with Crippen LogP contribution in [0.1, 0.15) is 29.6 Å². The van der Waals surface area contributed by atoms with E-state index in [0.29, 0.717) is 51.5 Å². The van der Waals surface area contributed by atoms with Crippen LogP contribution in [-0.4, -0.2) is 34.4 Å². The summed E-state index contributed by atoms with van der Waals surface area (Å²) in [6.45, 7) is 0.935. The molecule has 40 heavy (non-hydrogen) atoms. The second-order valence-corrected chi connectivity index (χ2v) is 9.56. The molecule has 0 radical (unpaired) electrons. The van der Waals surface area contributed by atoms with Crippen LogP contribution in [0.3, 0.4) is 0 Å². The highest BCUT2D eigenvalue weighted by Gasteiger charge is 2.18. The van der Waals surface area contributed by atoms with E-state index in [1.807, 2.05) is 0 Å². The Morgan fingerprint density at radius 2 is 1.82 bits per heavy atom. The lowest BCUT2D eigenvalue weighted by Gasteiger charge is -2.14. The Morgan fingerprint density at radius 1 is 1.00 bits per heavy atom. The lowest BCUT2D eigenvalue weighted by atomic mass is 10.1. The number of pyridine rings is 2. The molecule has 4 aromatic rings. The summed E-state index contributed by atoms with van der Waals surface area (Å²) < 4.78 is 19.1. The van der Waals surface area contributed by atoms with E-state index >= 15 is 0 Å². The molecular formula is C29H26ClFN6O3. The SMILES string of the molecule is O=C(C[C@@H]1CCCN1)Nc1cc(Oc2ccc(Nc3ncccc3C(=O)Nc3ccc(F)cc3)cc2Cl)ccn1. The molecule has 0 spiro atoms. The maximum Gasteiger partial charge on any atom is 0.259 e. The monoisotopic (exact) mass is 560 g/mol. The van der Waals surface area contributed by atoms with Crippen molar-refractivity contribution < 1.29 is 18.7 Å². The first-order chi connectivity index (χ1) is 19.4. The molecule has 1 aliphatic heterocycles. The van der Waals surface area contributed by atoms with Crippen LogP contribution in [0, 0.1) is 5.82 Å². The van der Waals surface area contributed by atoms with Gasteiger partial charge in [0.1, 0.15) is 29.0 Å². The summed E-state index contributed by atoms with van der Waals surface area (Å²) in [5.74, 6) is 0.629. The quantitative estimate of drug-likeness (QED) is 0.194. The fourth-order valence-corrected chi connectivity index (χ4v) is 4.46. The van der Waals surface area contributed by atoms with Gasteiger partial charge in [0.15, 0.2) is 0 Å². The summed E-state index contributed by atoms with van der Waals surface area (Å²) in [5, 5.41) is 12.3. The minimum atomic E-state index is -0.409. The number of amides is 2. The number of hydrogen-bond donors (Lipinski definition) is 4. The zero-order valence-electron chi connectivity index (χ0n) is 21.3. The molecule has 1 atom stereocenters. The molecule has 0 aliphatic carbocycles. The Bertz CT molecular complexity index is 1510. The summed E-state index contributed by atoms with van der Waals surface area (Å²) in [4.78, 5) is 33.7. The Labute approximate surface area is 235 Å². The topological polar surface area (TPSA) is 117 Å². The zero-order chi connectivity index (χ0) is 27.9. The average molecular weight is 561 g/mol. The molecular weight excluding hydrogens is 535 g/mol. The van der Waals surface area contributed by atoms with Crippen molar-refractivity contribution in [2.75, 3.05) is 22.5 Å². The van der Waals surface area contributed by atoms with Crippen LogP contribution in [0.25, 0.3) is 0 Å². The molecule has 0 saturated carbocycles. The molecule has 1 saturated heterocycles. The second kappa shape index (κ2) is 12.5. The summed E-state index contributed by atoms with van der Waals surface area (Å²) >= 11 is 6.50. The number of nitrogens with one attached hydrogen (secondary N) is 4. The van der Waals surface area contributed by atoms with Gasteiger partial charge < -0.3 is 26.0 Å². The van der Waals surface area contributed by atoms with Crippen LogP contribution >= 0.6 is 11.6 Å². The van der Waals surface area contributed by atoms with Crippen LogP contribution in [-0.2, 0) is 4.79 Å². The molecule has 9 nitrogen and oxygen atoms in total. The normalized spacial score (nSPS) is 14.4. The summed E-state index contributed by atoms with van der Waals surface area (Å²) in [5.41, 5.74) is 1.32. The summed E-state index contributed by atoms with van der Waals surface area (Å²) in [7, 11) is 0. The molecule has 4 N–H and O–H groups in total. The molecule has 1 aliphatic rings. The highest BCUT2D eigenvalue weighted by atomic mass is 35.5. The Kier molecular flexibility index (Phi) is 8.48. The van der Waals surface area contributed by atoms with Crippen LogP contribution in [0.5, 0.6) is 11.5 Å². The fourth-order valence-electron chi connectivity index (χ4n) is 4.24. The molecule has 2 aromatic carbocycles. The number of ether oxygens (including phenoxy) is 1. The first kappa shape index (κ1) is 27.0. The van der Waals surface area contributed by atoms with Crippen molar-refractivity contribution in [3.8, 4) is 11.5 Å². The first-order valence-corrected chi connectivity index (χ1v) is 13.1. The minimum absolute atomic E-state index is 0.113. The van der Waals surface area contributed by atoms with E-state index in [9.17, 15) is 14.0 Å². The second-order valence-electron chi connectivity index (χ2n) is 9.16. The molecule has 5 rings (SSSR count). The predicted octanol–water partition coefficient (Wildman–Crippen LogP) is 6.14. The molecule has 11 heteroatoms. The smallest absolute Gasteiger partial charge is 0.259 e. The van der Waals surface area contributed by atoms with Crippen molar-refractivity contribution >= 4 is 46.4 Å². The highest BCUT2D eigenvalue weighted by Crippen LogP contribution is 2.33. The van der Waals surface area contributed by atoms with E-state index in [2.05, 4.69) is 31.2 Å². The number of nitrogens with zero attached hydrogens (tertiary/aromatic N) is 2. The van der Waals surface area contributed by atoms with Gasteiger partial charge in [-0.3, -0.25) is 9.59 Å². The molecule has 2 amide bonds. The van der Waals surface area contributed by atoms with Crippen molar-refractivity contribution in [1.29, 1.82) is 0 Å². The van der Waals surface area contributed by atoms with Crippen LogP contribution in [0.15, 0.2) is 79.1 Å². The van der Waals surface area contributed by atoms with Gasteiger partial charge in [0.25, 0.3) is 5.91 Å². The molecule has 204 valence electrons. The lowest BCUT2D eigenvalue weighted by Crippen LogP contribution is -2.27. The molecule has 3 heterocycles. The number of anilines is 4. The Morgan fingerprint density at radius 3 is 2.60 bits per heavy atom. The van der Waals surface area contributed by atoms with Crippen molar-refractivity contribution in [2.45, 2.75) is 25.3 Å². The van der Waals surface area contributed by atoms with Crippen LogP contribution in [0.2, 0.25) is 5.02 Å². The van der Waals surface area contributed by atoms with Gasteiger partial charge in [0.05, 0.1) is 10.6 Å². The van der Waals surface area contributed by atoms with E-state index in [1.54, 1.807) is 54.9 Å². The summed E-state index contributed by atoms with van der Waals surface area (Å²) in [6, 6.07) is 17.3. The molecule has 2 aromatic heterocycles. The first-order valence-electron chi connectivity index (χ1n) is 12.7. The van der Waals surface area contributed by atoms with Crippen LogP contribution < -0.4 is 26.0 Å². The van der Waals surface area contributed by atoms with Gasteiger partial charge in [-0.15, -0.1) is 0 Å². The molecule has 0 unspecified atom stereocenters. The summed E-state index contributed by atoms with van der Waals surface area (Å²) in [6.07, 6.45) is 5.55. The maximum atomic E-state index is 13.2. The van der Waals surface area contributed by atoms with Gasteiger partial charge in [0, 0.05) is 42.3 Å². The fraction of sp³-hybridized carbons (Fsp3) is 0.172. The van der Waals surface area contributed by atoms with Crippen molar-refractivity contribution in [3.63, 3.8) is 0 Å². The third-order valence-electron chi connectivity index (χ3n) is 6.17. The van der Waals surface area contributed by atoms with Gasteiger partial charge in [-0.25, -0.2) is 14.4 Å². The van der Waals surface area contributed by atoms with E-state index in [4.69, 9.17) is 16.3 Å². The number of aromatic nitrogens is 2. The number of halogens is 2. The minimum Gasteiger partial charge on any atom is -0.456 e. The third-order valence-corrected chi connectivity index (χ3v) is 6.47. The largest absolute Gasteiger partial charge is 0.456 e. The number of benzene rings is 2. The van der Waals surface area contributed by atoms with Gasteiger partial charge in [-0.1, -0.05) is 11.6 Å². The molecule has 0 bridgehead atoms. The van der Waals surface area contributed by atoms with Gasteiger partial charge in [-0.05, 0) is 80.1 Å². The predicted molar refractivity (Wildman–Crippen MR) is 152 cm³/mol. The number of carbonyl (C=O) groups is 2. The van der Waals surface area contributed by atoms with Crippen LogP contribution in [0.4, 0.5) is 27.4 Å². The van der Waals surface area contributed by atoms with Gasteiger partial charge >= 0.3 is 0 Å². The average Bonchev–Trinajstić information content (AvgIpc) is 3.45. The number of rotatable bonds is 9. The van der Waals surface area contributed by atoms with E-state index < -0.39 is 11.7 Å². The third kappa shape index (κ3) is 7.10. The van der Waals surface area contributed by atoms with Crippen molar-refractivity contribution in [1.82, 2.24) is 15.3 Å². The Balaban J connectivity index is 1.23. The van der Waals surface area contributed by atoms with E-state index in [1.165, 1.54) is 24.3 Å².